The molecule has 0 aliphatic carbocycles. The first-order valence-corrected chi connectivity index (χ1v) is 11.1. The molecule has 0 spiro atoms. The second-order valence-electron chi connectivity index (χ2n) is 7.31. The Balaban J connectivity index is 2.02. The maximum atomic E-state index is 13.3. The van der Waals surface area contributed by atoms with E-state index >= 15 is 0 Å². The molecule has 0 radical (unpaired) electrons. The Morgan fingerprint density at radius 3 is 2.27 bits per heavy atom. The molecule has 3 rings (SSSR count). The molecule has 30 heavy (non-hydrogen) atoms. The zero-order valence-electron chi connectivity index (χ0n) is 16.5. The van der Waals surface area contributed by atoms with Crippen molar-refractivity contribution in [2.45, 2.75) is 37.3 Å². The van der Waals surface area contributed by atoms with Crippen molar-refractivity contribution < 1.29 is 26.4 Å². The number of carbonyl (C=O) groups is 1. The van der Waals surface area contributed by atoms with Gasteiger partial charge in [-0.05, 0) is 56.5 Å². The van der Waals surface area contributed by atoms with Crippen LogP contribution in [-0.4, -0.2) is 38.9 Å². The minimum atomic E-state index is -4.63. The smallest absolute Gasteiger partial charge is 0.341 e. The molecule has 1 amide bonds. The number of carbonyl (C=O) groups excluding carboxylic acids is 1. The van der Waals surface area contributed by atoms with Gasteiger partial charge in [0.05, 0.1) is 16.1 Å². The van der Waals surface area contributed by atoms with Crippen LogP contribution in [-0.2, 0) is 21.0 Å². The van der Waals surface area contributed by atoms with E-state index in [2.05, 4.69) is 0 Å². The van der Waals surface area contributed by atoms with Gasteiger partial charge >= 0.3 is 6.18 Å². The minimum Gasteiger partial charge on any atom is -0.341 e. The van der Waals surface area contributed by atoms with E-state index in [1.807, 2.05) is 0 Å². The van der Waals surface area contributed by atoms with E-state index in [0.717, 1.165) is 47.3 Å². The molecule has 1 aliphatic rings. The van der Waals surface area contributed by atoms with Crippen molar-refractivity contribution in [3.05, 3.63) is 59.7 Å². The monoisotopic (exact) mass is 440 g/mol. The summed E-state index contributed by atoms with van der Waals surface area (Å²) in [5, 5.41) is 0. The number of anilines is 1. The number of likely N-dealkylation sites (tertiary alicyclic amines) is 1. The van der Waals surface area contributed by atoms with Crippen molar-refractivity contribution >= 4 is 21.6 Å². The third-order valence-electron chi connectivity index (χ3n) is 5.06. The third kappa shape index (κ3) is 4.95. The van der Waals surface area contributed by atoms with Gasteiger partial charge in [-0.1, -0.05) is 23.8 Å². The van der Waals surface area contributed by atoms with Crippen LogP contribution in [0.1, 0.15) is 30.4 Å². The highest BCUT2D eigenvalue weighted by atomic mass is 32.2. The molecule has 9 heteroatoms. The summed E-state index contributed by atoms with van der Waals surface area (Å²) in [4.78, 5) is 14.3. The Bertz CT molecular complexity index is 999. The van der Waals surface area contributed by atoms with Crippen LogP contribution >= 0.6 is 0 Å². The quantitative estimate of drug-likeness (QED) is 0.700. The van der Waals surface area contributed by atoms with Crippen LogP contribution in [0.2, 0.25) is 0 Å². The van der Waals surface area contributed by atoms with Crippen molar-refractivity contribution in [1.29, 1.82) is 0 Å². The number of hydrogen-bond donors (Lipinski definition) is 0. The van der Waals surface area contributed by atoms with Gasteiger partial charge in [0.2, 0.25) is 5.91 Å². The maximum absolute atomic E-state index is 13.3. The highest BCUT2D eigenvalue weighted by Gasteiger charge is 2.34. The summed E-state index contributed by atoms with van der Waals surface area (Å²) in [6.07, 6.45) is -2.00. The van der Waals surface area contributed by atoms with Crippen molar-refractivity contribution in [2.24, 2.45) is 0 Å². The van der Waals surface area contributed by atoms with E-state index < -0.39 is 34.2 Å². The lowest BCUT2D eigenvalue weighted by Gasteiger charge is -2.31. The topological polar surface area (TPSA) is 57.7 Å². The van der Waals surface area contributed by atoms with Crippen LogP contribution in [0, 0.1) is 6.92 Å². The first-order chi connectivity index (χ1) is 14.1. The second kappa shape index (κ2) is 8.67. The predicted octanol–water partition coefficient (Wildman–Crippen LogP) is 4.22. The number of halogens is 3. The molecule has 1 saturated heterocycles. The first-order valence-electron chi connectivity index (χ1n) is 9.63. The number of alkyl halides is 3. The molecule has 162 valence electrons. The summed E-state index contributed by atoms with van der Waals surface area (Å²) in [6.45, 7) is 2.26. The Morgan fingerprint density at radius 1 is 1.03 bits per heavy atom. The van der Waals surface area contributed by atoms with Crippen molar-refractivity contribution in [3.63, 3.8) is 0 Å². The highest BCUT2D eigenvalue weighted by molar-refractivity contribution is 7.92. The van der Waals surface area contributed by atoms with Gasteiger partial charge in [-0.3, -0.25) is 9.10 Å². The Morgan fingerprint density at radius 2 is 1.67 bits per heavy atom. The molecule has 2 aromatic carbocycles. The SMILES string of the molecule is Cc1ccc(S(=O)(=O)N(CC(=O)N2CCCCC2)c2cccc(C(F)(F)F)c2)cc1. The number of hydrogen-bond acceptors (Lipinski definition) is 3. The maximum Gasteiger partial charge on any atom is 0.416 e. The largest absolute Gasteiger partial charge is 0.416 e. The molecule has 0 atom stereocenters. The average Bonchev–Trinajstić information content (AvgIpc) is 2.72. The van der Waals surface area contributed by atoms with Gasteiger partial charge in [0.15, 0.2) is 0 Å². The molecule has 1 fully saturated rings. The second-order valence-corrected chi connectivity index (χ2v) is 9.18. The molecule has 0 unspecified atom stereocenters. The predicted molar refractivity (Wildman–Crippen MR) is 108 cm³/mol. The lowest BCUT2D eigenvalue weighted by Crippen LogP contribution is -2.44. The fourth-order valence-electron chi connectivity index (χ4n) is 3.36. The van der Waals surface area contributed by atoms with Crippen molar-refractivity contribution in [1.82, 2.24) is 4.90 Å². The van der Waals surface area contributed by atoms with Gasteiger partial charge in [-0.2, -0.15) is 13.2 Å². The van der Waals surface area contributed by atoms with Gasteiger partial charge in [0.25, 0.3) is 10.0 Å². The molecule has 0 saturated carbocycles. The van der Waals surface area contributed by atoms with E-state index in [4.69, 9.17) is 0 Å². The number of piperidine rings is 1. The normalized spacial score (nSPS) is 15.1. The zero-order valence-corrected chi connectivity index (χ0v) is 17.3. The van der Waals surface area contributed by atoms with Crippen LogP contribution < -0.4 is 4.31 Å². The molecule has 5 nitrogen and oxygen atoms in total. The van der Waals surface area contributed by atoms with E-state index in [9.17, 15) is 26.4 Å². The number of rotatable bonds is 5. The lowest BCUT2D eigenvalue weighted by molar-refractivity contribution is -0.137. The van der Waals surface area contributed by atoms with Crippen LogP contribution in [0.5, 0.6) is 0 Å². The fourth-order valence-corrected chi connectivity index (χ4v) is 4.76. The number of nitrogens with zero attached hydrogens (tertiary/aromatic N) is 2. The van der Waals surface area contributed by atoms with Crippen LogP contribution in [0.3, 0.4) is 0 Å². The first kappa shape index (κ1) is 22.1. The van der Waals surface area contributed by atoms with Gasteiger partial charge in [0.1, 0.15) is 6.54 Å². The summed E-state index contributed by atoms with van der Waals surface area (Å²) < 4.78 is 67.0. The van der Waals surface area contributed by atoms with Crippen molar-refractivity contribution in [3.8, 4) is 0 Å². The van der Waals surface area contributed by atoms with Crippen LogP contribution in [0.15, 0.2) is 53.4 Å². The van der Waals surface area contributed by atoms with Crippen LogP contribution in [0.4, 0.5) is 18.9 Å². The number of benzene rings is 2. The Kier molecular flexibility index (Phi) is 6.40. The molecule has 0 aromatic heterocycles. The Hall–Kier alpha value is -2.55. The highest BCUT2D eigenvalue weighted by Crippen LogP contribution is 2.33. The standard InChI is InChI=1S/C21H23F3N2O3S/c1-16-8-10-19(11-9-16)30(28,29)26(15-20(27)25-12-3-2-4-13-25)18-7-5-6-17(14-18)21(22,23)24/h5-11,14H,2-4,12-13,15H2,1H3. The Labute approximate surface area is 174 Å². The molecule has 1 heterocycles. The molecular weight excluding hydrogens is 417 g/mol. The van der Waals surface area contributed by atoms with Crippen LogP contribution in [0.25, 0.3) is 0 Å². The number of amides is 1. The summed E-state index contributed by atoms with van der Waals surface area (Å²) in [5.41, 5.74) is -0.339. The minimum absolute atomic E-state index is 0.0862. The number of aryl methyl sites for hydroxylation is 1. The van der Waals surface area contributed by atoms with E-state index in [0.29, 0.717) is 13.1 Å². The summed E-state index contributed by atoms with van der Waals surface area (Å²) in [5.74, 6) is -0.428. The molecule has 0 N–H and O–H groups in total. The van der Waals surface area contributed by atoms with E-state index in [-0.39, 0.29) is 10.6 Å². The van der Waals surface area contributed by atoms with E-state index in [1.165, 1.54) is 18.2 Å². The van der Waals surface area contributed by atoms with Gasteiger partial charge < -0.3 is 4.90 Å². The molecule has 1 aliphatic heterocycles. The lowest BCUT2D eigenvalue weighted by atomic mass is 10.1. The number of sulfonamides is 1. The zero-order chi connectivity index (χ0) is 21.9. The molecule has 0 bridgehead atoms. The fraction of sp³-hybridized carbons (Fsp3) is 0.381. The summed E-state index contributed by atoms with van der Waals surface area (Å²) in [6, 6.07) is 10.0. The molecular formula is C21H23F3N2O3S. The van der Waals surface area contributed by atoms with Gasteiger partial charge in [0, 0.05) is 13.1 Å². The molecule has 2 aromatic rings. The summed E-state index contributed by atoms with van der Waals surface area (Å²) in [7, 11) is -4.25. The average molecular weight is 440 g/mol. The van der Waals surface area contributed by atoms with Gasteiger partial charge in [-0.15, -0.1) is 0 Å². The third-order valence-corrected chi connectivity index (χ3v) is 6.85. The van der Waals surface area contributed by atoms with E-state index in [1.54, 1.807) is 24.0 Å². The van der Waals surface area contributed by atoms with Crippen molar-refractivity contribution in [2.75, 3.05) is 23.9 Å². The summed E-state index contributed by atoms with van der Waals surface area (Å²) >= 11 is 0. The van der Waals surface area contributed by atoms with Gasteiger partial charge in [-0.25, -0.2) is 8.42 Å².